The van der Waals surface area contributed by atoms with Crippen LogP contribution in [0.1, 0.15) is 27.2 Å². The summed E-state index contributed by atoms with van der Waals surface area (Å²) in [7, 11) is 0. The van der Waals surface area contributed by atoms with Gasteiger partial charge in [0.05, 0.1) is 31.6 Å². The Balaban J connectivity index is 1.57. The maximum absolute atomic E-state index is 15.0. The van der Waals surface area contributed by atoms with Crippen molar-refractivity contribution in [2.75, 3.05) is 25.2 Å². The van der Waals surface area contributed by atoms with E-state index in [-0.39, 0.29) is 48.0 Å². The number of hydrogen-bond donors (Lipinski definition) is 3. The number of aromatic nitrogens is 1. The molecule has 1 unspecified atom stereocenters. The second-order valence-corrected chi connectivity index (χ2v) is 9.93. The summed E-state index contributed by atoms with van der Waals surface area (Å²) in [6.07, 6.45) is -0.969. The molecular weight excluding hydrogens is 492 g/mol. The molecule has 1 amide bonds. The molecule has 3 aliphatic rings. The van der Waals surface area contributed by atoms with E-state index in [0.29, 0.717) is 12.0 Å². The Morgan fingerprint density at radius 2 is 1.97 bits per heavy atom. The van der Waals surface area contributed by atoms with Crippen LogP contribution < -0.4 is 10.9 Å². The van der Waals surface area contributed by atoms with Crippen molar-refractivity contribution in [3.63, 3.8) is 0 Å². The number of halogens is 2. The van der Waals surface area contributed by atoms with Crippen LogP contribution in [0.5, 0.6) is 5.75 Å². The van der Waals surface area contributed by atoms with Crippen LogP contribution >= 0.6 is 11.8 Å². The number of carbonyl (C=O) groups is 1. The third-order valence-corrected chi connectivity index (χ3v) is 7.97. The van der Waals surface area contributed by atoms with E-state index in [0.717, 1.165) is 22.6 Å². The molecule has 186 valence electrons. The van der Waals surface area contributed by atoms with Crippen LogP contribution in [-0.4, -0.2) is 57.7 Å². The minimum absolute atomic E-state index is 0.0443. The first-order valence-corrected chi connectivity index (χ1v) is 12.4. The predicted molar refractivity (Wildman–Crippen MR) is 128 cm³/mol. The standard InChI is InChI=1S/C25H21F2N3O5S/c26-17-6-15(14-5-12-3-1-2-4-20(12)36-11-16(14)22(17)27)18-7-19(32)24(33)23-25(34)29-8-13(9-31)35-10-21(29)28-30(18)23/h1-4,6-7,13,21,28,31,33H,5,8-11H2/t13?,21-/m0/s1. The van der Waals surface area contributed by atoms with Gasteiger partial charge in [-0.3, -0.25) is 9.59 Å². The number of hydrogen-bond acceptors (Lipinski definition) is 7. The number of aliphatic hydroxyl groups is 1. The van der Waals surface area contributed by atoms with Crippen LogP contribution in [0.4, 0.5) is 8.78 Å². The van der Waals surface area contributed by atoms with E-state index in [4.69, 9.17) is 4.74 Å². The third kappa shape index (κ3) is 3.49. The van der Waals surface area contributed by atoms with Crippen molar-refractivity contribution in [2.45, 2.75) is 29.3 Å². The van der Waals surface area contributed by atoms with Gasteiger partial charge in [0.25, 0.3) is 5.91 Å². The van der Waals surface area contributed by atoms with Crippen molar-refractivity contribution in [3.8, 4) is 17.0 Å². The van der Waals surface area contributed by atoms with E-state index in [9.17, 15) is 24.2 Å². The molecule has 0 aliphatic carbocycles. The number of benzene rings is 2. The molecule has 1 saturated heterocycles. The lowest BCUT2D eigenvalue weighted by Gasteiger charge is -2.44. The van der Waals surface area contributed by atoms with Crippen molar-refractivity contribution >= 4 is 17.7 Å². The maximum atomic E-state index is 15.0. The molecule has 0 bridgehead atoms. The molecule has 0 radical (unpaired) electrons. The Morgan fingerprint density at radius 3 is 2.78 bits per heavy atom. The quantitative estimate of drug-likeness (QED) is 0.484. The molecule has 3 aliphatic heterocycles. The van der Waals surface area contributed by atoms with Crippen LogP contribution in [-0.2, 0) is 16.9 Å². The van der Waals surface area contributed by atoms with E-state index >= 15 is 4.39 Å². The SMILES string of the molecule is O=C1c2c(O)c(=O)cc(-c3cc(F)c(F)c4c3Cc3ccccc3SC4)n2N[C@@H]2COC(CO)CN12. The molecule has 2 atom stereocenters. The molecule has 0 spiro atoms. The zero-order valence-electron chi connectivity index (χ0n) is 18.8. The molecule has 6 rings (SSSR count). The van der Waals surface area contributed by atoms with Gasteiger partial charge in [0, 0.05) is 27.8 Å². The number of nitrogens with zero attached hydrogens (tertiary/aromatic N) is 2. The lowest BCUT2D eigenvalue weighted by Crippen LogP contribution is -2.62. The van der Waals surface area contributed by atoms with Gasteiger partial charge in [0.1, 0.15) is 6.17 Å². The molecule has 0 saturated carbocycles. The van der Waals surface area contributed by atoms with Gasteiger partial charge in [0.15, 0.2) is 23.1 Å². The fourth-order valence-electron chi connectivity index (χ4n) is 5.00. The number of morpholine rings is 1. The minimum Gasteiger partial charge on any atom is -0.502 e. The highest BCUT2D eigenvalue weighted by Crippen LogP contribution is 2.40. The monoisotopic (exact) mass is 513 g/mol. The number of aliphatic hydroxyl groups excluding tert-OH is 1. The molecule has 1 aromatic heterocycles. The predicted octanol–water partition coefficient (Wildman–Crippen LogP) is 2.41. The van der Waals surface area contributed by atoms with Crippen molar-refractivity contribution in [3.05, 3.63) is 80.6 Å². The molecule has 4 heterocycles. The van der Waals surface area contributed by atoms with E-state index in [1.165, 1.54) is 21.3 Å². The summed E-state index contributed by atoms with van der Waals surface area (Å²) in [6.45, 7) is -0.197. The highest BCUT2D eigenvalue weighted by atomic mass is 32.2. The van der Waals surface area contributed by atoms with Crippen LogP contribution in [0.3, 0.4) is 0 Å². The van der Waals surface area contributed by atoms with Gasteiger partial charge in [-0.05, 0) is 29.7 Å². The largest absolute Gasteiger partial charge is 0.502 e. The average Bonchev–Trinajstić information content (AvgIpc) is 3.08. The Hall–Kier alpha value is -3.41. The Bertz CT molecular complexity index is 1480. The molecule has 3 N–H and O–H groups in total. The van der Waals surface area contributed by atoms with Gasteiger partial charge < -0.3 is 25.3 Å². The lowest BCUT2D eigenvalue weighted by atomic mass is 9.92. The Labute approximate surface area is 208 Å². The van der Waals surface area contributed by atoms with Gasteiger partial charge in [0.2, 0.25) is 5.43 Å². The summed E-state index contributed by atoms with van der Waals surface area (Å²) >= 11 is 1.40. The summed E-state index contributed by atoms with van der Waals surface area (Å²) in [5.41, 5.74) is 3.95. The second-order valence-electron chi connectivity index (χ2n) is 8.92. The summed E-state index contributed by atoms with van der Waals surface area (Å²) in [4.78, 5) is 28.5. The van der Waals surface area contributed by atoms with Crippen LogP contribution in [0.25, 0.3) is 11.3 Å². The molecule has 8 nitrogen and oxygen atoms in total. The van der Waals surface area contributed by atoms with E-state index in [1.807, 2.05) is 24.3 Å². The minimum atomic E-state index is -1.07. The number of rotatable bonds is 2. The van der Waals surface area contributed by atoms with Crippen molar-refractivity contribution in [2.24, 2.45) is 0 Å². The van der Waals surface area contributed by atoms with Crippen molar-refractivity contribution in [1.29, 1.82) is 0 Å². The van der Waals surface area contributed by atoms with Crippen LogP contribution in [0.2, 0.25) is 0 Å². The number of ether oxygens (including phenoxy) is 1. The van der Waals surface area contributed by atoms with E-state index in [1.54, 1.807) is 0 Å². The Kier molecular flexibility index (Phi) is 5.51. The molecule has 1 fully saturated rings. The first-order chi connectivity index (χ1) is 17.4. The third-order valence-electron chi connectivity index (χ3n) is 6.82. The smallest absolute Gasteiger partial charge is 0.278 e. The zero-order chi connectivity index (χ0) is 25.1. The second kappa shape index (κ2) is 8.61. The number of nitrogens with one attached hydrogen (secondary N) is 1. The number of carbonyl (C=O) groups excluding carboxylic acids is 1. The molecular formula is C25H21F2N3O5S. The van der Waals surface area contributed by atoms with E-state index in [2.05, 4.69) is 5.43 Å². The normalized spacial score (nSPS) is 20.5. The highest BCUT2D eigenvalue weighted by Gasteiger charge is 2.40. The molecule has 11 heteroatoms. The lowest BCUT2D eigenvalue weighted by molar-refractivity contribution is -0.0702. The van der Waals surface area contributed by atoms with Crippen LogP contribution in [0, 0.1) is 11.6 Å². The molecule has 2 aromatic carbocycles. The van der Waals surface area contributed by atoms with Crippen molar-refractivity contribution in [1.82, 2.24) is 9.58 Å². The van der Waals surface area contributed by atoms with Gasteiger partial charge in [-0.2, -0.15) is 0 Å². The topological polar surface area (TPSA) is 104 Å². The fraction of sp³-hybridized carbons (Fsp3) is 0.280. The van der Waals surface area contributed by atoms with Gasteiger partial charge in [-0.25, -0.2) is 13.5 Å². The number of aromatic hydroxyl groups is 1. The van der Waals surface area contributed by atoms with Crippen molar-refractivity contribution < 1.29 is 28.5 Å². The van der Waals surface area contributed by atoms with Gasteiger partial charge in [-0.15, -0.1) is 11.8 Å². The fourth-order valence-corrected chi connectivity index (χ4v) is 6.10. The number of fused-ring (bicyclic) bond motifs is 4. The number of amides is 1. The summed E-state index contributed by atoms with van der Waals surface area (Å²) in [5.74, 6) is -3.21. The summed E-state index contributed by atoms with van der Waals surface area (Å²) < 4.78 is 36.7. The van der Waals surface area contributed by atoms with Crippen LogP contribution in [0.15, 0.2) is 46.1 Å². The summed E-state index contributed by atoms with van der Waals surface area (Å²) in [6, 6.07) is 9.73. The molecule has 3 aromatic rings. The van der Waals surface area contributed by atoms with Gasteiger partial charge in [-0.1, -0.05) is 18.2 Å². The average molecular weight is 514 g/mol. The number of thioether (sulfide) groups is 1. The van der Waals surface area contributed by atoms with Gasteiger partial charge >= 0.3 is 0 Å². The highest BCUT2D eigenvalue weighted by molar-refractivity contribution is 7.98. The summed E-state index contributed by atoms with van der Waals surface area (Å²) in [5, 5.41) is 20.0. The zero-order valence-corrected chi connectivity index (χ0v) is 19.6. The maximum Gasteiger partial charge on any atom is 0.278 e. The molecule has 36 heavy (non-hydrogen) atoms. The first kappa shape index (κ1) is 23.0. The first-order valence-electron chi connectivity index (χ1n) is 11.4. The number of pyridine rings is 1. The Morgan fingerprint density at radius 1 is 1.17 bits per heavy atom. The van der Waals surface area contributed by atoms with E-state index < -0.39 is 41.0 Å².